The van der Waals surface area contributed by atoms with Gasteiger partial charge in [-0.3, -0.25) is 4.98 Å². The zero-order valence-corrected chi connectivity index (χ0v) is 8.47. The first kappa shape index (κ1) is 9.09. The van der Waals surface area contributed by atoms with Crippen LogP contribution in [0.25, 0.3) is 16.8 Å². The van der Waals surface area contributed by atoms with Crippen LogP contribution in [-0.2, 0) is 0 Å². The van der Waals surface area contributed by atoms with Gasteiger partial charge in [-0.2, -0.15) is 0 Å². The van der Waals surface area contributed by atoms with Crippen molar-refractivity contribution in [3.05, 3.63) is 60.8 Å². The molecule has 0 bridgehead atoms. The molecule has 3 aromatic rings. The number of benzene rings is 1. The highest BCUT2D eigenvalue weighted by atomic mass is 19.1. The van der Waals surface area contributed by atoms with E-state index < -0.39 is 0 Å². The summed E-state index contributed by atoms with van der Waals surface area (Å²) >= 11 is 0. The summed E-state index contributed by atoms with van der Waals surface area (Å²) in [6.45, 7) is 0. The Kier molecular flexibility index (Phi) is 1.96. The molecule has 0 N–H and O–H groups in total. The van der Waals surface area contributed by atoms with E-state index in [-0.39, 0.29) is 5.82 Å². The van der Waals surface area contributed by atoms with Crippen LogP contribution in [0.1, 0.15) is 0 Å². The number of nitrogens with zero attached hydrogens (tertiary/aromatic N) is 2. The van der Waals surface area contributed by atoms with Crippen molar-refractivity contribution in [3.63, 3.8) is 0 Å². The summed E-state index contributed by atoms with van der Waals surface area (Å²) in [5.41, 5.74) is 2.80. The summed E-state index contributed by atoms with van der Waals surface area (Å²) in [5.74, 6) is -0.231. The van der Waals surface area contributed by atoms with Crippen LogP contribution in [0, 0.1) is 5.82 Å². The Morgan fingerprint density at radius 2 is 1.88 bits per heavy atom. The van der Waals surface area contributed by atoms with Crippen molar-refractivity contribution in [2.45, 2.75) is 0 Å². The van der Waals surface area contributed by atoms with E-state index in [9.17, 15) is 4.39 Å². The van der Waals surface area contributed by atoms with Gasteiger partial charge in [0.2, 0.25) is 0 Å². The predicted molar refractivity (Wildman–Crippen MR) is 60.6 cm³/mol. The Morgan fingerprint density at radius 1 is 1.06 bits per heavy atom. The monoisotopic (exact) mass is 212 g/mol. The summed E-state index contributed by atoms with van der Waals surface area (Å²) in [6, 6.07) is 10.3. The second kappa shape index (κ2) is 3.45. The Morgan fingerprint density at radius 3 is 2.69 bits per heavy atom. The molecular weight excluding hydrogens is 203 g/mol. The van der Waals surface area contributed by atoms with Crippen LogP contribution in [0.15, 0.2) is 55.0 Å². The first-order valence-corrected chi connectivity index (χ1v) is 5.01. The molecule has 2 nitrogen and oxygen atoms in total. The second-order valence-electron chi connectivity index (χ2n) is 3.62. The van der Waals surface area contributed by atoms with Crippen LogP contribution in [0.2, 0.25) is 0 Å². The molecule has 3 heteroatoms. The molecule has 0 aliphatic rings. The van der Waals surface area contributed by atoms with Crippen molar-refractivity contribution in [2.75, 3.05) is 0 Å². The Hall–Kier alpha value is -2.16. The fourth-order valence-corrected chi connectivity index (χ4v) is 1.70. The van der Waals surface area contributed by atoms with Crippen molar-refractivity contribution < 1.29 is 4.39 Å². The van der Waals surface area contributed by atoms with E-state index in [1.165, 1.54) is 12.1 Å². The summed E-state index contributed by atoms with van der Waals surface area (Å²) in [5, 5.41) is 0. The van der Waals surface area contributed by atoms with Crippen molar-refractivity contribution in [1.82, 2.24) is 9.38 Å². The molecule has 2 heterocycles. The van der Waals surface area contributed by atoms with E-state index in [2.05, 4.69) is 4.98 Å². The van der Waals surface area contributed by atoms with Crippen LogP contribution in [0.3, 0.4) is 0 Å². The normalized spacial score (nSPS) is 10.8. The van der Waals surface area contributed by atoms with E-state index >= 15 is 0 Å². The van der Waals surface area contributed by atoms with Crippen LogP contribution in [0.4, 0.5) is 4.39 Å². The Bertz CT molecular complexity index is 626. The second-order valence-corrected chi connectivity index (χ2v) is 3.62. The minimum Gasteiger partial charge on any atom is -0.320 e. The largest absolute Gasteiger partial charge is 0.320 e. The van der Waals surface area contributed by atoms with Crippen LogP contribution in [0.5, 0.6) is 0 Å². The van der Waals surface area contributed by atoms with Crippen molar-refractivity contribution in [3.8, 4) is 11.3 Å². The maximum Gasteiger partial charge on any atom is 0.123 e. The SMILES string of the molecule is Fc1ccc(-c2cn3cccc3cn2)cc1. The van der Waals surface area contributed by atoms with E-state index in [4.69, 9.17) is 0 Å². The third-order valence-electron chi connectivity index (χ3n) is 2.55. The molecule has 0 spiro atoms. The summed E-state index contributed by atoms with van der Waals surface area (Å²) in [6.07, 6.45) is 5.70. The molecule has 0 aliphatic heterocycles. The Labute approximate surface area is 92.0 Å². The lowest BCUT2D eigenvalue weighted by Gasteiger charge is -2.02. The molecule has 3 rings (SSSR count). The first-order chi connectivity index (χ1) is 7.83. The molecule has 0 radical (unpaired) electrons. The van der Waals surface area contributed by atoms with Gasteiger partial charge in [0.1, 0.15) is 5.82 Å². The number of hydrogen-bond donors (Lipinski definition) is 0. The van der Waals surface area contributed by atoms with Crippen LogP contribution >= 0.6 is 0 Å². The summed E-state index contributed by atoms with van der Waals surface area (Å²) < 4.78 is 14.8. The maximum atomic E-state index is 12.8. The molecule has 2 aromatic heterocycles. The zero-order chi connectivity index (χ0) is 11.0. The number of aromatic nitrogens is 2. The van der Waals surface area contributed by atoms with Gasteiger partial charge in [0, 0.05) is 18.0 Å². The molecule has 0 saturated carbocycles. The highest BCUT2D eigenvalue weighted by Gasteiger charge is 2.00. The lowest BCUT2D eigenvalue weighted by molar-refractivity contribution is 0.628. The first-order valence-electron chi connectivity index (χ1n) is 5.01. The lowest BCUT2D eigenvalue weighted by atomic mass is 10.1. The van der Waals surface area contributed by atoms with Gasteiger partial charge in [-0.15, -0.1) is 0 Å². The number of fused-ring (bicyclic) bond motifs is 1. The minimum atomic E-state index is -0.231. The van der Waals surface area contributed by atoms with Gasteiger partial charge in [0.25, 0.3) is 0 Å². The van der Waals surface area contributed by atoms with Gasteiger partial charge >= 0.3 is 0 Å². The van der Waals surface area contributed by atoms with E-state index in [1.807, 2.05) is 28.9 Å². The molecule has 1 aromatic carbocycles. The molecule has 0 fully saturated rings. The smallest absolute Gasteiger partial charge is 0.123 e. The molecule has 0 unspecified atom stereocenters. The average molecular weight is 212 g/mol. The molecule has 16 heavy (non-hydrogen) atoms. The summed E-state index contributed by atoms with van der Waals surface area (Å²) in [7, 11) is 0. The Balaban J connectivity index is 2.14. The van der Waals surface area contributed by atoms with Crippen LogP contribution in [-0.4, -0.2) is 9.38 Å². The molecule has 0 saturated heterocycles. The quantitative estimate of drug-likeness (QED) is 0.605. The van der Waals surface area contributed by atoms with Gasteiger partial charge in [-0.05, 0) is 36.4 Å². The van der Waals surface area contributed by atoms with Crippen LogP contribution < -0.4 is 0 Å². The highest BCUT2D eigenvalue weighted by molar-refractivity contribution is 5.60. The molecule has 0 amide bonds. The van der Waals surface area contributed by atoms with Gasteiger partial charge < -0.3 is 4.40 Å². The predicted octanol–water partition coefficient (Wildman–Crippen LogP) is 3.14. The fraction of sp³-hybridized carbons (Fsp3) is 0. The van der Waals surface area contributed by atoms with Gasteiger partial charge in [0.05, 0.1) is 17.4 Å². The number of halogens is 1. The highest BCUT2D eigenvalue weighted by Crippen LogP contribution is 2.17. The number of rotatable bonds is 1. The van der Waals surface area contributed by atoms with E-state index in [1.54, 1.807) is 18.3 Å². The zero-order valence-electron chi connectivity index (χ0n) is 8.47. The molecule has 0 aliphatic carbocycles. The van der Waals surface area contributed by atoms with E-state index in [0.29, 0.717) is 0 Å². The maximum absolute atomic E-state index is 12.8. The molecule has 78 valence electrons. The van der Waals surface area contributed by atoms with Gasteiger partial charge in [0.15, 0.2) is 0 Å². The fourth-order valence-electron chi connectivity index (χ4n) is 1.70. The number of hydrogen-bond acceptors (Lipinski definition) is 1. The minimum absolute atomic E-state index is 0.231. The summed E-state index contributed by atoms with van der Waals surface area (Å²) in [4.78, 5) is 4.34. The topological polar surface area (TPSA) is 17.3 Å². The molecule has 0 atom stereocenters. The third kappa shape index (κ3) is 1.46. The van der Waals surface area contributed by atoms with Crippen molar-refractivity contribution >= 4 is 5.52 Å². The van der Waals surface area contributed by atoms with Crippen molar-refractivity contribution in [2.24, 2.45) is 0 Å². The molecular formula is C13H9FN2. The van der Waals surface area contributed by atoms with Crippen molar-refractivity contribution in [1.29, 1.82) is 0 Å². The van der Waals surface area contributed by atoms with E-state index in [0.717, 1.165) is 16.8 Å². The van der Waals surface area contributed by atoms with Gasteiger partial charge in [-0.1, -0.05) is 0 Å². The standard InChI is InChI=1S/C13H9FN2/c14-11-5-3-10(4-6-11)13-9-16-7-1-2-12(16)8-15-13/h1-9H. The average Bonchev–Trinajstić information content (AvgIpc) is 2.77. The third-order valence-corrected chi connectivity index (χ3v) is 2.55. The van der Waals surface area contributed by atoms with Gasteiger partial charge in [-0.25, -0.2) is 4.39 Å². The lowest BCUT2D eigenvalue weighted by Crippen LogP contribution is -1.89.